The highest BCUT2D eigenvalue weighted by Crippen LogP contribution is 2.24. The van der Waals surface area contributed by atoms with E-state index in [9.17, 15) is 4.79 Å². The minimum atomic E-state index is -0.119. The molecular weight excluding hydrogens is 206 g/mol. The Morgan fingerprint density at radius 3 is 2.88 bits per heavy atom. The summed E-state index contributed by atoms with van der Waals surface area (Å²) in [6, 6.07) is 7.01. The van der Waals surface area contributed by atoms with E-state index in [0.717, 1.165) is 0 Å². The fraction of sp³-hybridized carbons (Fsp3) is 0.273. The zero-order valence-electron chi connectivity index (χ0n) is 9.20. The lowest BCUT2D eigenvalue weighted by molar-refractivity contribution is -0.118. The number of benzene rings is 1. The Morgan fingerprint density at radius 2 is 2.31 bits per heavy atom. The predicted octanol–water partition coefficient (Wildman–Crippen LogP) is 0.725. The van der Waals surface area contributed by atoms with Crippen molar-refractivity contribution in [1.29, 1.82) is 5.26 Å². The van der Waals surface area contributed by atoms with Gasteiger partial charge in [-0.05, 0) is 12.1 Å². The number of carbonyl (C=O) groups is 1. The van der Waals surface area contributed by atoms with Gasteiger partial charge >= 0.3 is 0 Å². The minimum absolute atomic E-state index is 0.119. The molecule has 0 atom stereocenters. The largest absolute Gasteiger partial charge is 0.495 e. The average molecular weight is 219 g/mol. The lowest BCUT2D eigenvalue weighted by Gasteiger charge is -2.10. The van der Waals surface area contributed by atoms with Gasteiger partial charge in [-0.2, -0.15) is 5.26 Å². The summed E-state index contributed by atoms with van der Waals surface area (Å²) in [5.41, 5.74) is 1.20. The molecule has 0 aliphatic carbocycles. The zero-order chi connectivity index (χ0) is 12.0. The molecule has 0 bridgehead atoms. The van der Waals surface area contributed by atoms with Crippen molar-refractivity contribution in [3.05, 3.63) is 23.8 Å². The highest BCUT2D eigenvalue weighted by atomic mass is 16.5. The number of likely N-dealkylation sites (N-methyl/N-ethyl adjacent to an activating group) is 1. The first-order valence-electron chi connectivity index (χ1n) is 4.74. The molecule has 84 valence electrons. The monoisotopic (exact) mass is 219 g/mol. The molecule has 0 spiro atoms. The first kappa shape index (κ1) is 11.9. The van der Waals surface area contributed by atoms with Gasteiger partial charge in [-0.25, -0.2) is 0 Å². The van der Waals surface area contributed by atoms with E-state index in [1.54, 1.807) is 25.2 Å². The van der Waals surface area contributed by atoms with Crippen LogP contribution in [-0.4, -0.2) is 26.6 Å². The smallest absolute Gasteiger partial charge is 0.239 e. The maximum atomic E-state index is 11.0. The van der Waals surface area contributed by atoms with E-state index in [1.165, 1.54) is 7.11 Å². The van der Waals surface area contributed by atoms with Gasteiger partial charge in [0, 0.05) is 13.1 Å². The van der Waals surface area contributed by atoms with Gasteiger partial charge in [0.2, 0.25) is 5.91 Å². The molecule has 0 aromatic heterocycles. The Morgan fingerprint density at radius 1 is 1.56 bits per heavy atom. The van der Waals surface area contributed by atoms with Crippen molar-refractivity contribution in [2.24, 2.45) is 0 Å². The second-order valence-corrected chi connectivity index (χ2v) is 3.05. The molecule has 0 aliphatic heterocycles. The van der Waals surface area contributed by atoms with Crippen LogP contribution in [0.25, 0.3) is 0 Å². The van der Waals surface area contributed by atoms with Gasteiger partial charge in [-0.1, -0.05) is 0 Å². The van der Waals surface area contributed by atoms with Crippen molar-refractivity contribution in [2.75, 3.05) is 26.0 Å². The molecule has 5 nitrogen and oxygen atoms in total. The molecule has 0 radical (unpaired) electrons. The number of nitrogens with one attached hydrogen (secondary N) is 2. The summed E-state index contributed by atoms with van der Waals surface area (Å²) in [6.07, 6.45) is 0. The molecule has 1 rings (SSSR count). The zero-order valence-corrected chi connectivity index (χ0v) is 9.20. The van der Waals surface area contributed by atoms with Crippen molar-refractivity contribution in [2.45, 2.75) is 0 Å². The summed E-state index contributed by atoms with van der Waals surface area (Å²) in [5.74, 6) is 0.425. The number of rotatable bonds is 4. The Kier molecular flexibility index (Phi) is 4.16. The standard InChI is InChI=1S/C11H13N3O2/c1-13-11(15)7-14-9-4-3-8(6-12)5-10(9)16-2/h3-5,14H,7H2,1-2H3,(H,13,15). The number of nitriles is 1. The number of ether oxygens (including phenoxy) is 1. The first-order valence-corrected chi connectivity index (χ1v) is 4.74. The quantitative estimate of drug-likeness (QED) is 0.782. The second kappa shape index (κ2) is 5.61. The minimum Gasteiger partial charge on any atom is -0.495 e. The fourth-order valence-electron chi connectivity index (χ4n) is 1.17. The normalized spacial score (nSPS) is 9.06. The maximum Gasteiger partial charge on any atom is 0.239 e. The third kappa shape index (κ3) is 2.89. The number of anilines is 1. The number of nitrogens with zero attached hydrogens (tertiary/aromatic N) is 1. The molecule has 0 unspecified atom stereocenters. The predicted molar refractivity (Wildman–Crippen MR) is 60.3 cm³/mol. The van der Waals surface area contributed by atoms with E-state index in [1.807, 2.05) is 6.07 Å². The lowest BCUT2D eigenvalue weighted by Crippen LogP contribution is -2.26. The summed E-state index contributed by atoms with van der Waals surface area (Å²) in [6.45, 7) is 0.165. The third-order valence-electron chi connectivity index (χ3n) is 2.05. The lowest BCUT2D eigenvalue weighted by atomic mass is 10.2. The van der Waals surface area contributed by atoms with Crippen LogP contribution in [0.2, 0.25) is 0 Å². The third-order valence-corrected chi connectivity index (χ3v) is 2.05. The van der Waals surface area contributed by atoms with Gasteiger partial charge in [0.1, 0.15) is 5.75 Å². The van der Waals surface area contributed by atoms with Crippen LogP contribution in [0, 0.1) is 11.3 Å². The van der Waals surface area contributed by atoms with Crippen molar-refractivity contribution < 1.29 is 9.53 Å². The Labute approximate surface area is 94.0 Å². The van der Waals surface area contributed by atoms with E-state index in [4.69, 9.17) is 10.00 Å². The molecule has 0 fully saturated rings. The van der Waals surface area contributed by atoms with Gasteiger partial charge in [0.25, 0.3) is 0 Å². The Hall–Kier alpha value is -2.22. The van der Waals surface area contributed by atoms with Crippen molar-refractivity contribution in [1.82, 2.24) is 5.32 Å². The van der Waals surface area contributed by atoms with Crippen LogP contribution in [0.1, 0.15) is 5.56 Å². The molecule has 5 heteroatoms. The van der Waals surface area contributed by atoms with Crippen molar-refractivity contribution in [3.63, 3.8) is 0 Å². The van der Waals surface area contributed by atoms with Crippen LogP contribution in [0.4, 0.5) is 5.69 Å². The van der Waals surface area contributed by atoms with E-state index >= 15 is 0 Å². The highest BCUT2D eigenvalue weighted by molar-refractivity contribution is 5.81. The summed E-state index contributed by atoms with van der Waals surface area (Å²) < 4.78 is 5.11. The topological polar surface area (TPSA) is 74.2 Å². The molecule has 0 heterocycles. The number of hydrogen-bond acceptors (Lipinski definition) is 4. The van der Waals surface area contributed by atoms with Crippen LogP contribution >= 0.6 is 0 Å². The van der Waals surface area contributed by atoms with E-state index in [-0.39, 0.29) is 12.5 Å². The SMILES string of the molecule is CNC(=O)CNc1ccc(C#N)cc1OC. The summed E-state index contributed by atoms with van der Waals surface area (Å²) in [7, 11) is 3.08. The van der Waals surface area contributed by atoms with E-state index in [0.29, 0.717) is 17.0 Å². The van der Waals surface area contributed by atoms with Crippen LogP contribution in [0.5, 0.6) is 5.75 Å². The number of carbonyl (C=O) groups excluding carboxylic acids is 1. The molecule has 2 N–H and O–H groups in total. The van der Waals surface area contributed by atoms with E-state index < -0.39 is 0 Å². The second-order valence-electron chi connectivity index (χ2n) is 3.05. The molecule has 0 saturated carbocycles. The van der Waals surface area contributed by atoms with E-state index in [2.05, 4.69) is 10.6 Å². The van der Waals surface area contributed by atoms with Crippen LogP contribution in [-0.2, 0) is 4.79 Å². The summed E-state index contributed by atoms with van der Waals surface area (Å²) in [4.78, 5) is 11.0. The molecule has 0 aliphatic rings. The Balaban J connectivity index is 2.80. The highest BCUT2D eigenvalue weighted by Gasteiger charge is 2.05. The van der Waals surface area contributed by atoms with Crippen molar-refractivity contribution in [3.8, 4) is 11.8 Å². The molecule has 16 heavy (non-hydrogen) atoms. The Bertz CT molecular complexity index is 424. The van der Waals surface area contributed by atoms with Crippen LogP contribution in [0.3, 0.4) is 0 Å². The summed E-state index contributed by atoms with van der Waals surface area (Å²) in [5, 5.41) is 14.1. The van der Waals surface area contributed by atoms with Gasteiger partial charge in [-0.3, -0.25) is 4.79 Å². The molecule has 0 saturated heterocycles. The van der Waals surface area contributed by atoms with Gasteiger partial charge in [-0.15, -0.1) is 0 Å². The molecule has 1 aromatic carbocycles. The molecule has 1 amide bonds. The van der Waals surface area contributed by atoms with Gasteiger partial charge in [0.05, 0.1) is 31.0 Å². The fourth-order valence-corrected chi connectivity index (χ4v) is 1.17. The summed E-state index contributed by atoms with van der Waals surface area (Å²) >= 11 is 0. The molecule has 1 aromatic rings. The number of amides is 1. The average Bonchev–Trinajstić information content (AvgIpc) is 2.35. The van der Waals surface area contributed by atoms with Gasteiger partial charge < -0.3 is 15.4 Å². The van der Waals surface area contributed by atoms with Crippen LogP contribution < -0.4 is 15.4 Å². The molecular formula is C11H13N3O2. The van der Waals surface area contributed by atoms with Crippen molar-refractivity contribution >= 4 is 11.6 Å². The van der Waals surface area contributed by atoms with Crippen LogP contribution in [0.15, 0.2) is 18.2 Å². The first-order chi connectivity index (χ1) is 7.71. The maximum absolute atomic E-state index is 11.0. The number of methoxy groups -OCH3 is 1. The van der Waals surface area contributed by atoms with Gasteiger partial charge in [0.15, 0.2) is 0 Å². The number of hydrogen-bond donors (Lipinski definition) is 2.